The molecule has 1 unspecified atom stereocenters. The molecule has 0 bridgehead atoms. The van der Waals surface area contributed by atoms with Gasteiger partial charge in [-0.1, -0.05) is 0 Å². The van der Waals surface area contributed by atoms with Crippen LogP contribution in [0.2, 0.25) is 0 Å². The van der Waals surface area contributed by atoms with Crippen molar-refractivity contribution in [2.45, 2.75) is 19.4 Å². The molecule has 0 aromatic carbocycles. The second-order valence-corrected chi connectivity index (χ2v) is 2.06. The molecule has 0 aliphatic carbocycles. The van der Waals surface area contributed by atoms with Crippen molar-refractivity contribution in [3.63, 3.8) is 0 Å². The second-order valence-electron chi connectivity index (χ2n) is 2.06. The Balaban J connectivity index is 3.67. The number of methoxy groups -OCH3 is 1. The van der Waals surface area contributed by atoms with Gasteiger partial charge in [-0.25, -0.2) is 0 Å². The number of aliphatic imine (C=N–C) groups is 1. The number of carbonyl (C=O) groups is 1. The Morgan fingerprint density at radius 3 is 2.91 bits per heavy atom. The monoisotopic (exact) mass is 155 g/mol. The first-order valence-corrected chi connectivity index (χ1v) is 3.24. The standard InChI is InChI=1S/C6H10BNO3/c1-5(8-4-7-10)3-6(9)11-2/h4-5H,3H2,1-2H3. The van der Waals surface area contributed by atoms with E-state index in [4.69, 9.17) is 0 Å². The van der Waals surface area contributed by atoms with Crippen LogP contribution in [0.5, 0.6) is 0 Å². The molecule has 0 fully saturated rings. The van der Waals surface area contributed by atoms with E-state index >= 15 is 0 Å². The van der Waals surface area contributed by atoms with Crippen LogP contribution in [0.3, 0.4) is 0 Å². The SMILES string of the molecule is COC(=O)CC(C)N=CB=O. The van der Waals surface area contributed by atoms with Gasteiger partial charge in [-0.05, 0) is 0 Å². The second kappa shape index (κ2) is 5.76. The van der Waals surface area contributed by atoms with Gasteiger partial charge >= 0.3 is 65.0 Å². The zero-order chi connectivity index (χ0) is 8.69. The van der Waals surface area contributed by atoms with E-state index in [1.807, 2.05) is 0 Å². The first-order valence-electron chi connectivity index (χ1n) is 3.24. The van der Waals surface area contributed by atoms with Crippen LogP contribution in [0.1, 0.15) is 13.3 Å². The van der Waals surface area contributed by atoms with Crippen molar-refractivity contribution in [2.75, 3.05) is 7.11 Å². The fourth-order valence-electron chi connectivity index (χ4n) is 0.559. The molecular formula is C6H10BNO3. The number of carbonyl (C=O) groups excluding carboxylic acids is 1. The van der Waals surface area contributed by atoms with Crippen LogP contribution < -0.4 is 0 Å². The van der Waals surface area contributed by atoms with E-state index in [-0.39, 0.29) is 18.4 Å². The van der Waals surface area contributed by atoms with Crippen LogP contribution in [0, 0.1) is 0 Å². The molecule has 0 aromatic rings. The number of esters is 1. The topological polar surface area (TPSA) is 55.7 Å². The number of hydrogen-bond acceptors (Lipinski definition) is 4. The quantitative estimate of drug-likeness (QED) is 0.326. The Kier molecular flexibility index (Phi) is 5.24. The molecule has 0 aromatic heterocycles. The molecule has 11 heavy (non-hydrogen) atoms. The molecular weight excluding hydrogens is 145 g/mol. The Labute approximate surface area is 65.9 Å². The van der Waals surface area contributed by atoms with Crippen molar-refractivity contribution in [1.29, 1.82) is 0 Å². The van der Waals surface area contributed by atoms with Crippen molar-refractivity contribution < 1.29 is 14.2 Å². The average molecular weight is 155 g/mol. The van der Waals surface area contributed by atoms with Gasteiger partial charge < -0.3 is 0 Å². The molecule has 0 spiro atoms. The zero-order valence-electron chi connectivity index (χ0n) is 6.61. The molecule has 0 amide bonds. The molecule has 0 aliphatic heterocycles. The molecule has 1 atom stereocenters. The number of hydrogen-bond donors (Lipinski definition) is 0. The molecule has 5 heteroatoms. The van der Waals surface area contributed by atoms with Crippen LogP contribution in [0.25, 0.3) is 0 Å². The maximum absolute atomic E-state index is 10.6. The summed E-state index contributed by atoms with van der Waals surface area (Å²) in [5, 5.41) is 0. The summed E-state index contributed by atoms with van der Waals surface area (Å²) in [5.41, 5.74) is 0. The van der Waals surface area contributed by atoms with E-state index < -0.39 is 0 Å². The summed E-state index contributed by atoms with van der Waals surface area (Å²) in [6.45, 7) is 1.73. The molecule has 0 aliphatic rings. The molecule has 0 rings (SSSR count). The average Bonchev–Trinajstić information content (AvgIpc) is 2.00. The van der Waals surface area contributed by atoms with Crippen molar-refractivity contribution in [2.24, 2.45) is 4.99 Å². The van der Waals surface area contributed by atoms with Gasteiger partial charge in [-0.3, -0.25) is 0 Å². The van der Waals surface area contributed by atoms with E-state index in [2.05, 4.69) is 9.73 Å². The third kappa shape index (κ3) is 5.45. The van der Waals surface area contributed by atoms with Crippen LogP contribution in [-0.4, -0.2) is 32.4 Å². The van der Waals surface area contributed by atoms with Gasteiger partial charge in [0.1, 0.15) is 0 Å². The Morgan fingerprint density at radius 2 is 2.45 bits per heavy atom. The van der Waals surface area contributed by atoms with Gasteiger partial charge in [0.2, 0.25) is 0 Å². The van der Waals surface area contributed by atoms with Gasteiger partial charge in [-0.2, -0.15) is 0 Å². The van der Waals surface area contributed by atoms with Gasteiger partial charge in [0.15, 0.2) is 0 Å². The van der Waals surface area contributed by atoms with E-state index in [9.17, 15) is 9.50 Å². The number of ether oxygens (including phenoxy) is 1. The number of rotatable bonds is 4. The molecule has 0 saturated heterocycles. The minimum absolute atomic E-state index is 0.187. The molecule has 4 nitrogen and oxygen atoms in total. The van der Waals surface area contributed by atoms with E-state index in [0.717, 1.165) is 6.11 Å². The maximum atomic E-state index is 10.6. The summed E-state index contributed by atoms with van der Waals surface area (Å²) in [6.07, 6.45) is 1.34. The minimum atomic E-state index is -0.319. The van der Waals surface area contributed by atoms with Crippen molar-refractivity contribution in [3.8, 4) is 0 Å². The van der Waals surface area contributed by atoms with E-state index in [1.165, 1.54) is 7.11 Å². The van der Waals surface area contributed by atoms with Crippen molar-refractivity contribution in [3.05, 3.63) is 0 Å². The predicted molar refractivity (Wildman–Crippen MR) is 41.0 cm³/mol. The third-order valence-electron chi connectivity index (χ3n) is 1.09. The van der Waals surface area contributed by atoms with Crippen molar-refractivity contribution in [1.82, 2.24) is 0 Å². The van der Waals surface area contributed by atoms with Gasteiger partial charge in [0, 0.05) is 0 Å². The molecule has 0 heterocycles. The van der Waals surface area contributed by atoms with E-state index in [0.29, 0.717) is 7.15 Å². The Bertz CT molecular complexity index is 169. The number of nitrogens with zero attached hydrogens (tertiary/aromatic N) is 1. The summed E-state index contributed by atoms with van der Waals surface area (Å²) >= 11 is 0. The summed E-state index contributed by atoms with van der Waals surface area (Å²) in [4.78, 5) is 14.3. The molecule has 0 N–H and O–H groups in total. The van der Waals surface area contributed by atoms with Gasteiger partial charge in [-0.15, -0.1) is 0 Å². The summed E-state index contributed by atoms with van der Waals surface area (Å²) < 4.78 is 14.2. The molecule has 0 saturated carbocycles. The molecule has 0 radical (unpaired) electrons. The zero-order valence-corrected chi connectivity index (χ0v) is 6.61. The molecule has 60 valence electrons. The normalized spacial score (nSPS) is 12.5. The van der Waals surface area contributed by atoms with Crippen LogP contribution >= 0.6 is 0 Å². The van der Waals surface area contributed by atoms with Crippen molar-refractivity contribution >= 4 is 19.2 Å². The Morgan fingerprint density at radius 1 is 1.82 bits per heavy atom. The van der Waals surface area contributed by atoms with Crippen LogP contribution in [0.15, 0.2) is 4.99 Å². The van der Waals surface area contributed by atoms with Crippen LogP contribution in [-0.2, 0) is 14.2 Å². The summed E-state index contributed by atoms with van der Waals surface area (Å²) in [6, 6.07) is -0.187. The summed E-state index contributed by atoms with van der Waals surface area (Å²) in [5.74, 6) is -0.319. The first-order chi connectivity index (χ1) is 5.20. The Hall–Kier alpha value is -0.995. The fourth-order valence-corrected chi connectivity index (χ4v) is 0.559. The van der Waals surface area contributed by atoms with Gasteiger partial charge in [0.05, 0.1) is 0 Å². The summed E-state index contributed by atoms with van der Waals surface area (Å²) in [7, 11) is 1.90. The first kappa shape index (κ1) is 10.0. The van der Waals surface area contributed by atoms with Gasteiger partial charge in [0.25, 0.3) is 0 Å². The third-order valence-corrected chi connectivity index (χ3v) is 1.09. The van der Waals surface area contributed by atoms with E-state index in [1.54, 1.807) is 6.92 Å². The fraction of sp³-hybridized carbons (Fsp3) is 0.667. The van der Waals surface area contributed by atoms with Crippen LogP contribution in [0.4, 0.5) is 0 Å². The predicted octanol–water partition coefficient (Wildman–Crippen LogP) is 0.0160.